The molecule has 1 saturated heterocycles. The molecule has 2 aliphatic rings. The maximum Gasteiger partial charge on any atom is 0.278 e. The standard InChI is InChI=1S/C23H23FN2O3/c1-15-7-8-18(16(2)13-15)20-21(25-9-11-29-12-10-25)23(28)26(22(20)27)14-17-5-3-4-6-19(17)24/h3-8,13H,9-12,14H2,1-2H3. The van der Waals surface area contributed by atoms with E-state index in [0.29, 0.717) is 43.1 Å². The van der Waals surface area contributed by atoms with Crippen molar-refractivity contribution in [1.82, 2.24) is 9.80 Å². The fourth-order valence-corrected chi connectivity index (χ4v) is 3.92. The molecule has 0 N–H and O–H groups in total. The molecule has 0 bridgehead atoms. The van der Waals surface area contributed by atoms with Crippen LogP contribution in [0.5, 0.6) is 0 Å². The van der Waals surface area contributed by atoms with Gasteiger partial charge in [-0.15, -0.1) is 0 Å². The van der Waals surface area contributed by atoms with Crippen LogP contribution in [0.2, 0.25) is 0 Å². The molecule has 2 heterocycles. The first-order valence-electron chi connectivity index (χ1n) is 9.71. The Morgan fingerprint density at radius 3 is 2.41 bits per heavy atom. The third-order valence-electron chi connectivity index (χ3n) is 5.41. The zero-order valence-corrected chi connectivity index (χ0v) is 16.6. The number of imide groups is 1. The molecule has 2 aliphatic heterocycles. The van der Waals surface area contributed by atoms with E-state index in [9.17, 15) is 14.0 Å². The Balaban J connectivity index is 1.78. The number of halogens is 1. The Morgan fingerprint density at radius 2 is 1.72 bits per heavy atom. The molecule has 2 amide bonds. The maximum atomic E-state index is 14.2. The summed E-state index contributed by atoms with van der Waals surface area (Å²) in [5.74, 6) is -1.19. The van der Waals surface area contributed by atoms with E-state index in [-0.39, 0.29) is 18.4 Å². The minimum Gasteiger partial charge on any atom is -0.378 e. The van der Waals surface area contributed by atoms with E-state index >= 15 is 0 Å². The van der Waals surface area contributed by atoms with Gasteiger partial charge in [-0.3, -0.25) is 14.5 Å². The van der Waals surface area contributed by atoms with Gasteiger partial charge in [0, 0.05) is 18.7 Å². The molecule has 150 valence electrons. The van der Waals surface area contributed by atoms with Crippen LogP contribution in [0.4, 0.5) is 4.39 Å². The quantitative estimate of drug-likeness (QED) is 0.748. The van der Waals surface area contributed by atoms with Gasteiger partial charge in [-0.25, -0.2) is 4.39 Å². The average Bonchev–Trinajstić information content (AvgIpc) is 2.95. The molecule has 2 aromatic carbocycles. The number of morpholine rings is 1. The summed E-state index contributed by atoms with van der Waals surface area (Å²) in [6, 6.07) is 12.0. The number of carbonyl (C=O) groups is 2. The highest BCUT2D eigenvalue weighted by molar-refractivity contribution is 6.35. The molecular formula is C23H23FN2O3. The van der Waals surface area contributed by atoms with E-state index in [1.807, 2.05) is 36.9 Å². The first kappa shape index (κ1) is 19.3. The summed E-state index contributed by atoms with van der Waals surface area (Å²) in [5.41, 5.74) is 3.86. The molecule has 29 heavy (non-hydrogen) atoms. The van der Waals surface area contributed by atoms with Gasteiger partial charge in [-0.05, 0) is 31.0 Å². The van der Waals surface area contributed by atoms with Crippen LogP contribution in [-0.4, -0.2) is 47.9 Å². The SMILES string of the molecule is Cc1ccc(C2=C(N3CCOCC3)C(=O)N(Cc3ccccc3F)C2=O)c(C)c1. The number of hydrogen-bond donors (Lipinski definition) is 0. The van der Waals surface area contributed by atoms with E-state index in [2.05, 4.69) is 0 Å². The third kappa shape index (κ3) is 3.56. The Labute approximate surface area is 169 Å². The fraction of sp³-hybridized carbons (Fsp3) is 0.304. The maximum absolute atomic E-state index is 14.2. The second kappa shape index (κ2) is 7.79. The Bertz CT molecular complexity index is 1010. The number of nitrogens with zero attached hydrogens (tertiary/aromatic N) is 2. The van der Waals surface area contributed by atoms with Crippen LogP contribution in [0, 0.1) is 19.7 Å². The summed E-state index contributed by atoms with van der Waals surface area (Å²) < 4.78 is 19.6. The third-order valence-corrected chi connectivity index (χ3v) is 5.41. The summed E-state index contributed by atoms with van der Waals surface area (Å²) in [7, 11) is 0. The number of amides is 2. The number of benzene rings is 2. The molecular weight excluding hydrogens is 371 g/mol. The lowest BCUT2D eigenvalue weighted by Crippen LogP contribution is -2.40. The summed E-state index contributed by atoms with van der Waals surface area (Å²) in [6.07, 6.45) is 0. The zero-order valence-electron chi connectivity index (χ0n) is 16.6. The van der Waals surface area contributed by atoms with Crippen molar-refractivity contribution in [1.29, 1.82) is 0 Å². The molecule has 0 saturated carbocycles. The Morgan fingerprint density at radius 1 is 1.00 bits per heavy atom. The van der Waals surface area contributed by atoms with E-state index in [0.717, 1.165) is 21.6 Å². The van der Waals surface area contributed by atoms with Crippen molar-refractivity contribution in [2.45, 2.75) is 20.4 Å². The highest BCUT2D eigenvalue weighted by Crippen LogP contribution is 2.34. The highest BCUT2D eigenvalue weighted by atomic mass is 19.1. The first-order valence-corrected chi connectivity index (χ1v) is 9.71. The lowest BCUT2D eigenvalue weighted by Gasteiger charge is -2.29. The van der Waals surface area contributed by atoms with Gasteiger partial charge in [0.25, 0.3) is 11.8 Å². The van der Waals surface area contributed by atoms with Crippen molar-refractivity contribution in [3.8, 4) is 0 Å². The number of rotatable bonds is 4. The molecule has 2 aromatic rings. The number of aryl methyl sites for hydroxylation is 2. The second-order valence-electron chi connectivity index (χ2n) is 7.43. The number of carbonyl (C=O) groups excluding carboxylic acids is 2. The van der Waals surface area contributed by atoms with Crippen LogP contribution >= 0.6 is 0 Å². The molecule has 0 radical (unpaired) electrons. The molecule has 0 unspecified atom stereocenters. The minimum atomic E-state index is -0.430. The van der Waals surface area contributed by atoms with Crippen molar-refractivity contribution in [2.75, 3.05) is 26.3 Å². The van der Waals surface area contributed by atoms with Gasteiger partial charge < -0.3 is 9.64 Å². The van der Waals surface area contributed by atoms with E-state index in [4.69, 9.17) is 4.74 Å². The first-order chi connectivity index (χ1) is 14.0. The Hall–Kier alpha value is -2.99. The largest absolute Gasteiger partial charge is 0.378 e. The van der Waals surface area contributed by atoms with E-state index in [1.165, 1.54) is 6.07 Å². The molecule has 0 atom stereocenters. The summed E-state index contributed by atoms with van der Waals surface area (Å²) in [6.45, 7) is 5.90. The van der Waals surface area contributed by atoms with Crippen LogP contribution < -0.4 is 0 Å². The van der Waals surface area contributed by atoms with E-state index < -0.39 is 5.82 Å². The smallest absolute Gasteiger partial charge is 0.278 e. The van der Waals surface area contributed by atoms with Gasteiger partial charge in [0.1, 0.15) is 11.5 Å². The van der Waals surface area contributed by atoms with Gasteiger partial charge in [0.2, 0.25) is 0 Å². The van der Waals surface area contributed by atoms with Crippen molar-refractivity contribution in [2.24, 2.45) is 0 Å². The van der Waals surface area contributed by atoms with Crippen LogP contribution in [0.1, 0.15) is 22.3 Å². The molecule has 0 spiro atoms. The molecule has 5 nitrogen and oxygen atoms in total. The van der Waals surface area contributed by atoms with Gasteiger partial charge in [-0.2, -0.15) is 0 Å². The topological polar surface area (TPSA) is 49.9 Å². The van der Waals surface area contributed by atoms with Crippen molar-refractivity contribution in [3.63, 3.8) is 0 Å². The average molecular weight is 394 g/mol. The van der Waals surface area contributed by atoms with Crippen LogP contribution in [-0.2, 0) is 20.9 Å². The van der Waals surface area contributed by atoms with Crippen molar-refractivity contribution in [3.05, 3.63) is 76.2 Å². The summed E-state index contributed by atoms with van der Waals surface area (Å²) >= 11 is 0. The summed E-state index contributed by atoms with van der Waals surface area (Å²) in [5, 5.41) is 0. The van der Waals surface area contributed by atoms with Crippen LogP contribution in [0.15, 0.2) is 48.2 Å². The van der Waals surface area contributed by atoms with Crippen molar-refractivity contribution >= 4 is 17.4 Å². The molecule has 0 aromatic heterocycles. The predicted octanol–water partition coefficient (Wildman–Crippen LogP) is 3.05. The predicted molar refractivity (Wildman–Crippen MR) is 107 cm³/mol. The fourth-order valence-electron chi connectivity index (χ4n) is 3.92. The van der Waals surface area contributed by atoms with E-state index in [1.54, 1.807) is 18.2 Å². The van der Waals surface area contributed by atoms with Crippen LogP contribution in [0.3, 0.4) is 0 Å². The lowest BCUT2D eigenvalue weighted by molar-refractivity contribution is -0.138. The van der Waals surface area contributed by atoms with Gasteiger partial charge in [-0.1, -0.05) is 42.0 Å². The molecule has 1 fully saturated rings. The minimum absolute atomic E-state index is 0.0907. The monoisotopic (exact) mass is 394 g/mol. The molecule has 4 rings (SSSR count). The summed E-state index contributed by atoms with van der Waals surface area (Å²) in [4.78, 5) is 29.8. The second-order valence-corrected chi connectivity index (χ2v) is 7.43. The van der Waals surface area contributed by atoms with Crippen molar-refractivity contribution < 1.29 is 18.7 Å². The zero-order chi connectivity index (χ0) is 20.5. The molecule has 6 heteroatoms. The van der Waals surface area contributed by atoms with Gasteiger partial charge in [0.15, 0.2) is 0 Å². The number of ether oxygens (including phenoxy) is 1. The van der Waals surface area contributed by atoms with Gasteiger partial charge >= 0.3 is 0 Å². The normalized spacial score (nSPS) is 17.5. The Kier molecular flexibility index (Phi) is 5.20. The van der Waals surface area contributed by atoms with Gasteiger partial charge in [0.05, 0.1) is 25.3 Å². The number of hydrogen-bond acceptors (Lipinski definition) is 4. The lowest BCUT2D eigenvalue weighted by atomic mass is 9.97. The van der Waals surface area contributed by atoms with Crippen LogP contribution in [0.25, 0.3) is 5.57 Å². The highest BCUT2D eigenvalue weighted by Gasteiger charge is 2.42. The molecule has 0 aliphatic carbocycles.